The molecule has 0 spiro atoms. The number of para-hydroxylation sites is 1. The van der Waals surface area contributed by atoms with E-state index in [1.807, 2.05) is 84.9 Å². The van der Waals surface area contributed by atoms with Crippen molar-refractivity contribution in [1.82, 2.24) is 4.57 Å². The van der Waals surface area contributed by atoms with Crippen LogP contribution in [-0.2, 0) is 0 Å². The third kappa shape index (κ3) is 3.52. The second-order valence-corrected chi connectivity index (χ2v) is 8.74. The summed E-state index contributed by atoms with van der Waals surface area (Å²) in [5.41, 5.74) is 8.17. The second-order valence-electron chi connectivity index (χ2n) is 8.74. The predicted octanol–water partition coefficient (Wildman–Crippen LogP) is 7.73. The highest BCUT2D eigenvalue weighted by Crippen LogP contribution is 2.38. The van der Waals surface area contributed by atoms with Gasteiger partial charge in [-0.15, -0.1) is 0 Å². The van der Waals surface area contributed by atoms with E-state index in [0.29, 0.717) is 16.7 Å². The summed E-state index contributed by atoms with van der Waals surface area (Å²) in [5, 5.41) is 31.2. The molecule has 5 aromatic carbocycles. The fourth-order valence-corrected chi connectivity index (χ4v) is 5.05. The highest BCUT2D eigenvalue weighted by Gasteiger charge is 2.17. The van der Waals surface area contributed by atoms with E-state index in [1.54, 1.807) is 0 Å². The van der Waals surface area contributed by atoms with Crippen molar-refractivity contribution in [1.29, 1.82) is 15.8 Å². The van der Waals surface area contributed by atoms with Gasteiger partial charge in [-0.25, -0.2) is 0 Å². The normalized spacial score (nSPS) is 10.6. The zero-order chi connectivity index (χ0) is 25.4. The molecule has 0 bridgehead atoms. The molecule has 4 heteroatoms. The maximum atomic E-state index is 9.84. The number of hydrogen-bond donors (Lipinski definition) is 0. The third-order valence-electron chi connectivity index (χ3n) is 6.75. The molecule has 170 valence electrons. The third-order valence-corrected chi connectivity index (χ3v) is 6.75. The molecule has 0 N–H and O–H groups in total. The van der Waals surface area contributed by atoms with Crippen molar-refractivity contribution in [3.8, 4) is 46.1 Å². The maximum Gasteiger partial charge on any atom is 0.101 e. The van der Waals surface area contributed by atoms with Gasteiger partial charge in [0.05, 0.1) is 45.5 Å². The zero-order valence-electron chi connectivity index (χ0n) is 19.7. The molecule has 0 fully saturated rings. The van der Waals surface area contributed by atoms with Crippen molar-refractivity contribution in [2.24, 2.45) is 0 Å². The smallest absolute Gasteiger partial charge is 0.101 e. The van der Waals surface area contributed by atoms with Crippen molar-refractivity contribution in [3.05, 3.63) is 126 Å². The number of aromatic nitrogens is 1. The molecule has 6 rings (SSSR count). The Morgan fingerprint density at radius 1 is 0.459 bits per heavy atom. The Bertz CT molecular complexity index is 1860. The summed E-state index contributed by atoms with van der Waals surface area (Å²) < 4.78 is 2.11. The molecule has 6 aromatic rings. The fourth-order valence-electron chi connectivity index (χ4n) is 5.05. The summed E-state index contributed by atoms with van der Waals surface area (Å²) in [6.45, 7) is 0. The molecule has 1 aromatic heterocycles. The Morgan fingerprint density at radius 2 is 0.892 bits per heavy atom. The molecule has 0 unspecified atom stereocenters. The molecule has 0 saturated heterocycles. The summed E-state index contributed by atoms with van der Waals surface area (Å²) in [4.78, 5) is 0. The molecule has 0 amide bonds. The minimum atomic E-state index is 0.583. The first kappa shape index (κ1) is 21.9. The summed E-state index contributed by atoms with van der Waals surface area (Å²) >= 11 is 0. The molecule has 37 heavy (non-hydrogen) atoms. The SMILES string of the molecule is N#Cc1ccccc1-c1ccc2c(c1)c1cc(-c3ccccc3C#N)ccc1n2-c1ccccc1C#N. The molecular formula is C33H18N4. The average molecular weight is 471 g/mol. The van der Waals surface area contributed by atoms with E-state index in [0.717, 1.165) is 49.7 Å². The van der Waals surface area contributed by atoms with E-state index in [4.69, 9.17) is 0 Å². The minimum absolute atomic E-state index is 0.583. The molecule has 0 aliphatic carbocycles. The monoisotopic (exact) mass is 470 g/mol. The molecular weight excluding hydrogens is 452 g/mol. The first-order valence-electron chi connectivity index (χ1n) is 11.8. The van der Waals surface area contributed by atoms with E-state index < -0.39 is 0 Å². The van der Waals surface area contributed by atoms with E-state index in [2.05, 4.69) is 47.0 Å². The van der Waals surface area contributed by atoms with Crippen molar-refractivity contribution in [2.75, 3.05) is 0 Å². The van der Waals surface area contributed by atoms with Gasteiger partial charge < -0.3 is 4.57 Å². The van der Waals surface area contributed by atoms with Gasteiger partial charge in [-0.3, -0.25) is 0 Å². The summed E-state index contributed by atoms with van der Waals surface area (Å²) in [7, 11) is 0. The van der Waals surface area contributed by atoms with Gasteiger partial charge in [0, 0.05) is 10.8 Å². The van der Waals surface area contributed by atoms with Crippen LogP contribution in [0.5, 0.6) is 0 Å². The molecule has 0 radical (unpaired) electrons. The van der Waals surface area contributed by atoms with Crippen LogP contribution in [0, 0.1) is 34.0 Å². The van der Waals surface area contributed by atoms with Crippen molar-refractivity contribution in [3.63, 3.8) is 0 Å². The van der Waals surface area contributed by atoms with E-state index >= 15 is 0 Å². The number of hydrogen-bond acceptors (Lipinski definition) is 3. The lowest BCUT2D eigenvalue weighted by Gasteiger charge is -2.10. The topological polar surface area (TPSA) is 76.3 Å². The van der Waals surface area contributed by atoms with Gasteiger partial charge in [-0.2, -0.15) is 15.8 Å². The average Bonchev–Trinajstić information content (AvgIpc) is 3.29. The van der Waals surface area contributed by atoms with Crippen LogP contribution in [0.15, 0.2) is 109 Å². The number of fused-ring (bicyclic) bond motifs is 3. The van der Waals surface area contributed by atoms with Crippen LogP contribution in [0.4, 0.5) is 0 Å². The number of benzene rings is 5. The summed E-state index contributed by atoms with van der Waals surface area (Å²) in [5.74, 6) is 0. The van der Waals surface area contributed by atoms with E-state index in [1.165, 1.54) is 0 Å². The second kappa shape index (κ2) is 8.86. The molecule has 1 heterocycles. The summed E-state index contributed by atoms with van der Waals surface area (Å²) in [6.07, 6.45) is 0. The lowest BCUT2D eigenvalue weighted by Crippen LogP contribution is -1.97. The minimum Gasteiger partial charge on any atom is -0.308 e. The first-order valence-corrected chi connectivity index (χ1v) is 11.8. The number of nitriles is 3. The molecule has 0 saturated carbocycles. The van der Waals surface area contributed by atoms with Crippen molar-refractivity contribution < 1.29 is 0 Å². The Balaban J connectivity index is 1.71. The van der Waals surface area contributed by atoms with Gasteiger partial charge in [0.25, 0.3) is 0 Å². The highest BCUT2D eigenvalue weighted by atomic mass is 15.0. The Morgan fingerprint density at radius 3 is 1.38 bits per heavy atom. The lowest BCUT2D eigenvalue weighted by molar-refractivity contribution is 1.17. The molecule has 0 atom stereocenters. The quantitative estimate of drug-likeness (QED) is 0.265. The predicted molar refractivity (Wildman–Crippen MR) is 146 cm³/mol. The standard InChI is InChI=1S/C33H18N4/c34-19-24-7-1-4-10-27(24)22-13-15-32-29(17-22)30-18-23(28-11-5-2-8-25(28)20-35)14-16-33(30)37(32)31-12-6-3-9-26(31)21-36/h1-18H. The number of rotatable bonds is 3. The van der Waals surface area contributed by atoms with Crippen LogP contribution in [0.25, 0.3) is 49.7 Å². The maximum absolute atomic E-state index is 9.84. The Labute approximate surface area is 214 Å². The lowest BCUT2D eigenvalue weighted by atomic mass is 9.96. The van der Waals surface area contributed by atoms with Crippen LogP contribution in [0.1, 0.15) is 16.7 Å². The van der Waals surface area contributed by atoms with Gasteiger partial charge in [-0.1, -0.05) is 60.7 Å². The van der Waals surface area contributed by atoms with Crippen LogP contribution in [-0.4, -0.2) is 4.57 Å². The summed E-state index contributed by atoms with van der Waals surface area (Å²) in [6, 6.07) is 42.0. The Hall–Kier alpha value is -5.63. The Kier molecular flexibility index (Phi) is 5.24. The van der Waals surface area contributed by atoms with Gasteiger partial charge in [-0.05, 0) is 70.8 Å². The van der Waals surface area contributed by atoms with Crippen molar-refractivity contribution >= 4 is 21.8 Å². The molecule has 0 aliphatic rings. The van der Waals surface area contributed by atoms with Gasteiger partial charge in [0.1, 0.15) is 6.07 Å². The first-order chi connectivity index (χ1) is 18.2. The highest BCUT2D eigenvalue weighted by molar-refractivity contribution is 6.12. The fraction of sp³-hybridized carbons (Fsp3) is 0. The number of nitrogens with zero attached hydrogens (tertiary/aromatic N) is 4. The largest absolute Gasteiger partial charge is 0.308 e. The van der Waals surface area contributed by atoms with Crippen LogP contribution >= 0.6 is 0 Å². The molecule has 4 nitrogen and oxygen atoms in total. The van der Waals surface area contributed by atoms with Gasteiger partial charge in [0.15, 0.2) is 0 Å². The van der Waals surface area contributed by atoms with Gasteiger partial charge in [0.2, 0.25) is 0 Å². The van der Waals surface area contributed by atoms with E-state index in [9.17, 15) is 15.8 Å². The van der Waals surface area contributed by atoms with Crippen LogP contribution in [0.2, 0.25) is 0 Å². The van der Waals surface area contributed by atoms with Crippen molar-refractivity contribution in [2.45, 2.75) is 0 Å². The van der Waals surface area contributed by atoms with Crippen LogP contribution in [0.3, 0.4) is 0 Å². The molecule has 0 aliphatic heterocycles. The van der Waals surface area contributed by atoms with E-state index in [-0.39, 0.29) is 0 Å². The van der Waals surface area contributed by atoms with Crippen LogP contribution < -0.4 is 0 Å². The zero-order valence-corrected chi connectivity index (χ0v) is 19.7. The van der Waals surface area contributed by atoms with Gasteiger partial charge >= 0.3 is 0 Å².